The lowest BCUT2D eigenvalue weighted by molar-refractivity contribution is 0.0553. The zero-order valence-corrected chi connectivity index (χ0v) is 12.3. The van der Waals surface area contributed by atoms with E-state index in [0.717, 1.165) is 30.1 Å². The summed E-state index contributed by atoms with van der Waals surface area (Å²) in [6.45, 7) is 2.12. The summed E-state index contributed by atoms with van der Waals surface area (Å²) in [7, 11) is 0. The maximum atomic E-state index is 11.1. The third kappa shape index (κ3) is 3.22. The van der Waals surface area contributed by atoms with Crippen LogP contribution in [0, 0.1) is 0 Å². The number of ether oxygens (including phenoxy) is 1. The lowest BCUT2D eigenvalue weighted by atomic mass is 10.2. The summed E-state index contributed by atoms with van der Waals surface area (Å²) in [5, 5.41) is 9.85. The van der Waals surface area contributed by atoms with Gasteiger partial charge < -0.3 is 14.7 Å². The van der Waals surface area contributed by atoms with E-state index in [2.05, 4.69) is 9.88 Å². The molecule has 0 amide bonds. The van der Waals surface area contributed by atoms with Crippen LogP contribution in [0.3, 0.4) is 0 Å². The Morgan fingerprint density at radius 3 is 3.00 bits per heavy atom. The molecule has 2 aromatic rings. The number of rotatable bonds is 5. The highest BCUT2D eigenvalue weighted by atomic mass is 32.1. The number of hydrogen-bond acceptors (Lipinski definition) is 5. The van der Waals surface area contributed by atoms with Crippen molar-refractivity contribution in [3.8, 4) is 0 Å². The van der Waals surface area contributed by atoms with Crippen LogP contribution in [-0.2, 0) is 11.3 Å². The quantitative estimate of drug-likeness (QED) is 0.920. The van der Waals surface area contributed by atoms with Gasteiger partial charge in [0.15, 0.2) is 5.69 Å². The minimum atomic E-state index is -0.972. The van der Waals surface area contributed by atoms with Crippen molar-refractivity contribution in [1.29, 1.82) is 0 Å². The topological polar surface area (TPSA) is 62.7 Å². The molecule has 0 aliphatic carbocycles. The number of carboxylic acids is 1. The predicted molar refractivity (Wildman–Crippen MR) is 80.9 cm³/mol. The smallest absolute Gasteiger partial charge is 0.357 e. The maximum Gasteiger partial charge on any atom is 0.357 e. The van der Waals surface area contributed by atoms with Gasteiger partial charge in [0.05, 0.1) is 18.2 Å². The highest BCUT2D eigenvalue weighted by Crippen LogP contribution is 2.29. The van der Waals surface area contributed by atoms with Crippen LogP contribution in [-0.4, -0.2) is 35.3 Å². The molecule has 110 valence electrons. The SMILES string of the molecule is O=C(O)c1ncsc1N1CC[C@H](OCc2ccccc2)C1. The molecule has 1 aromatic carbocycles. The Kier molecular flexibility index (Phi) is 4.17. The molecule has 1 aliphatic heterocycles. The van der Waals surface area contributed by atoms with Crippen LogP contribution in [0.2, 0.25) is 0 Å². The predicted octanol–water partition coefficient (Wildman–Crippen LogP) is 2.64. The second-order valence-corrected chi connectivity index (χ2v) is 5.80. The summed E-state index contributed by atoms with van der Waals surface area (Å²) >= 11 is 1.37. The average molecular weight is 304 g/mol. The summed E-state index contributed by atoms with van der Waals surface area (Å²) in [5.74, 6) is -0.972. The van der Waals surface area contributed by atoms with Crippen LogP contribution < -0.4 is 4.90 Å². The Morgan fingerprint density at radius 2 is 2.24 bits per heavy atom. The molecule has 2 heterocycles. The Bertz CT molecular complexity index is 614. The fourth-order valence-electron chi connectivity index (χ4n) is 2.45. The minimum absolute atomic E-state index is 0.133. The standard InChI is InChI=1S/C15H16N2O3S/c18-15(19)13-14(21-10-16-13)17-7-6-12(8-17)20-9-11-4-2-1-3-5-11/h1-5,10,12H,6-9H2,(H,18,19)/t12-/m0/s1. The van der Waals surface area contributed by atoms with Crippen LogP contribution in [0.15, 0.2) is 35.8 Å². The number of benzene rings is 1. The number of aromatic nitrogens is 1. The van der Waals surface area contributed by atoms with Crippen molar-refractivity contribution in [1.82, 2.24) is 4.98 Å². The number of nitrogens with zero attached hydrogens (tertiary/aromatic N) is 2. The van der Waals surface area contributed by atoms with Gasteiger partial charge in [0.2, 0.25) is 0 Å². The molecule has 21 heavy (non-hydrogen) atoms. The molecule has 1 atom stereocenters. The maximum absolute atomic E-state index is 11.1. The first-order chi connectivity index (χ1) is 10.2. The Hall–Kier alpha value is -1.92. The molecule has 0 saturated carbocycles. The van der Waals surface area contributed by atoms with Crippen LogP contribution in [0.25, 0.3) is 0 Å². The van der Waals surface area contributed by atoms with Crippen LogP contribution >= 0.6 is 11.3 Å². The molecule has 0 unspecified atom stereocenters. The molecule has 1 N–H and O–H groups in total. The van der Waals surface area contributed by atoms with E-state index in [9.17, 15) is 4.79 Å². The highest BCUT2D eigenvalue weighted by molar-refractivity contribution is 7.14. The Morgan fingerprint density at radius 1 is 1.43 bits per heavy atom. The van der Waals surface area contributed by atoms with Crippen LogP contribution in [0.4, 0.5) is 5.00 Å². The van der Waals surface area contributed by atoms with Gasteiger partial charge in [-0.2, -0.15) is 0 Å². The molecule has 5 nitrogen and oxygen atoms in total. The Labute approximate surface area is 126 Å². The first-order valence-corrected chi connectivity index (χ1v) is 7.69. The molecular formula is C15H16N2O3S. The van der Waals surface area contributed by atoms with Gasteiger partial charge in [0, 0.05) is 13.1 Å². The zero-order chi connectivity index (χ0) is 14.7. The number of carboxylic acid groups (broad SMARTS) is 1. The Balaban J connectivity index is 1.58. The zero-order valence-electron chi connectivity index (χ0n) is 11.4. The molecule has 1 saturated heterocycles. The fourth-order valence-corrected chi connectivity index (χ4v) is 3.27. The van der Waals surface area contributed by atoms with Gasteiger partial charge >= 0.3 is 5.97 Å². The van der Waals surface area contributed by atoms with E-state index in [1.807, 2.05) is 30.3 Å². The molecule has 0 bridgehead atoms. The van der Waals surface area contributed by atoms with Crippen molar-refractivity contribution in [2.24, 2.45) is 0 Å². The van der Waals surface area contributed by atoms with Crippen molar-refractivity contribution >= 4 is 22.3 Å². The van der Waals surface area contributed by atoms with Gasteiger partial charge in [-0.1, -0.05) is 30.3 Å². The summed E-state index contributed by atoms with van der Waals surface area (Å²) in [6, 6.07) is 10.1. The van der Waals surface area contributed by atoms with Crippen LogP contribution in [0.1, 0.15) is 22.5 Å². The van der Waals surface area contributed by atoms with Crippen molar-refractivity contribution < 1.29 is 14.6 Å². The molecule has 1 fully saturated rings. The fraction of sp³-hybridized carbons (Fsp3) is 0.333. The lowest BCUT2D eigenvalue weighted by Gasteiger charge is -2.17. The second kappa shape index (κ2) is 6.24. The summed E-state index contributed by atoms with van der Waals surface area (Å²) in [5.41, 5.74) is 2.88. The van der Waals surface area contributed by atoms with Crippen molar-refractivity contribution in [2.45, 2.75) is 19.1 Å². The van der Waals surface area contributed by atoms with Gasteiger partial charge in [-0.25, -0.2) is 9.78 Å². The molecule has 1 aliphatic rings. The van der Waals surface area contributed by atoms with Gasteiger partial charge in [-0.15, -0.1) is 11.3 Å². The van der Waals surface area contributed by atoms with Crippen molar-refractivity contribution in [3.63, 3.8) is 0 Å². The van der Waals surface area contributed by atoms with E-state index in [0.29, 0.717) is 6.61 Å². The number of carbonyl (C=O) groups is 1. The van der Waals surface area contributed by atoms with Gasteiger partial charge in [0.1, 0.15) is 5.00 Å². The monoisotopic (exact) mass is 304 g/mol. The number of thiazole rings is 1. The normalized spacial score (nSPS) is 18.1. The first kappa shape index (κ1) is 14.0. The second-order valence-electron chi connectivity index (χ2n) is 4.96. The van der Waals surface area contributed by atoms with Crippen molar-refractivity contribution in [3.05, 3.63) is 47.1 Å². The molecule has 6 heteroatoms. The molecule has 0 radical (unpaired) electrons. The largest absolute Gasteiger partial charge is 0.476 e. The van der Waals surface area contributed by atoms with Crippen LogP contribution in [0.5, 0.6) is 0 Å². The van der Waals surface area contributed by atoms with E-state index in [4.69, 9.17) is 9.84 Å². The summed E-state index contributed by atoms with van der Waals surface area (Å²) in [4.78, 5) is 17.1. The van der Waals surface area contributed by atoms with Crippen molar-refractivity contribution in [2.75, 3.05) is 18.0 Å². The third-order valence-electron chi connectivity index (χ3n) is 3.51. The average Bonchev–Trinajstić information content (AvgIpc) is 3.15. The van der Waals surface area contributed by atoms with E-state index in [1.54, 1.807) is 5.51 Å². The van der Waals surface area contributed by atoms with E-state index < -0.39 is 5.97 Å². The minimum Gasteiger partial charge on any atom is -0.476 e. The van der Waals surface area contributed by atoms with E-state index >= 15 is 0 Å². The van der Waals surface area contributed by atoms with Gasteiger partial charge in [-0.3, -0.25) is 0 Å². The first-order valence-electron chi connectivity index (χ1n) is 6.81. The summed E-state index contributed by atoms with van der Waals surface area (Å²) in [6.07, 6.45) is 1.04. The molecule has 0 spiro atoms. The molecule has 3 rings (SSSR count). The summed E-state index contributed by atoms with van der Waals surface area (Å²) < 4.78 is 5.91. The number of hydrogen-bond donors (Lipinski definition) is 1. The van der Waals surface area contributed by atoms with E-state index in [-0.39, 0.29) is 11.8 Å². The molecule has 1 aromatic heterocycles. The highest BCUT2D eigenvalue weighted by Gasteiger charge is 2.28. The van der Waals surface area contributed by atoms with Gasteiger partial charge in [0.25, 0.3) is 0 Å². The molecular weight excluding hydrogens is 288 g/mol. The number of aromatic carboxylic acids is 1. The third-order valence-corrected chi connectivity index (χ3v) is 4.40. The lowest BCUT2D eigenvalue weighted by Crippen LogP contribution is -2.23. The van der Waals surface area contributed by atoms with Gasteiger partial charge in [-0.05, 0) is 12.0 Å². The number of anilines is 1. The van der Waals surface area contributed by atoms with E-state index in [1.165, 1.54) is 11.3 Å².